The van der Waals surface area contributed by atoms with Gasteiger partial charge in [-0.15, -0.1) is 0 Å². The highest BCUT2D eigenvalue weighted by Gasteiger charge is 2.14. The van der Waals surface area contributed by atoms with E-state index in [0.717, 1.165) is 16.6 Å². The van der Waals surface area contributed by atoms with Gasteiger partial charge in [-0.25, -0.2) is 0 Å². The van der Waals surface area contributed by atoms with Gasteiger partial charge >= 0.3 is 5.97 Å². The fourth-order valence-electron chi connectivity index (χ4n) is 2.83. The highest BCUT2D eigenvalue weighted by atomic mass is 16.5. The predicted molar refractivity (Wildman–Crippen MR) is 92.7 cm³/mol. The number of aromatic nitrogens is 2. The first kappa shape index (κ1) is 16.1. The number of hydrogen-bond acceptors (Lipinski definition) is 3. The molecule has 0 aliphatic carbocycles. The van der Waals surface area contributed by atoms with Crippen molar-refractivity contribution in [1.82, 2.24) is 9.13 Å². The van der Waals surface area contributed by atoms with Crippen molar-refractivity contribution in [2.75, 3.05) is 6.61 Å². The van der Waals surface area contributed by atoms with Gasteiger partial charge in [-0.05, 0) is 31.5 Å². The van der Waals surface area contributed by atoms with Crippen LogP contribution >= 0.6 is 0 Å². The van der Waals surface area contributed by atoms with Gasteiger partial charge < -0.3 is 9.30 Å². The Morgan fingerprint density at radius 3 is 2.29 bits per heavy atom. The highest BCUT2D eigenvalue weighted by molar-refractivity contribution is 5.78. The summed E-state index contributed by atoms with van der Waals surface area (Å²) in [5.41, 5.74) is 4.43. The van der Waals surface area contributed by atoms with Gasteiger partial charge in [0.25, 0.3) is 0 Å². The molecule has 3 rings (SSSR count). The standard InChI is InChI=1S/C19H21N3O2/c1-3-24-18(23)13-22-17-7-5-4-6-16(17)21(19(22)20)12-15-10-8-14(2)9-11-15/h4-11,20H,3,12-13H2,1-2H3. The Labute approximate surface area is 140 Å². The zero-order valence-corrected chi connectivity index (χ0v) is 14.0. The third kappa shape index (κ3) is 3.11. The van der Waals surface area contributed by atoms with Gasteiger partial charge in [-0.1, -0.05) is 42.0 Å². The molecule has 1 aromatic heterocycles. The Morgan fingerprint density at radius 1 is 1.04 bits per heavy atom. The number of imidazole rings is 1. The average Bonchev–Trinajstić information content (AvgIpc) is 2.83. The second-order valence-corrected chi connectivity index (χ2v) is 5.78. The van der Waals surface area contributed by atoms with Crippen molar-refractivity contribution >= 4 is 17.0 Å². The molecule has 0 saturated carbocycles. The van der Waals surface area contributed by atoms with Crippen LogP contribution in [0.5, 0.6) is 0 Å². The van der Waals surface area contributed by atoms with Crippen molar-refractivity contribution in [3.05, 3.63) is 65.3 Å². The summed E-state index contributed by atoms with van der Waals surface area (Å²) in [6, 6.07) is 16.0. The first-order chi connectivity index (χ1) is 11.6. The van der Waals surface area contributed by atoms with Crippen LogP contribution in [0.25, 0.3) is 11.0 Å². The van der Waals surface area contributed by atoms with Gasteiger partial charge in [0.15, 0.2) is 0 Å². The van der Waals surface area contributed by atoms with E-state index in [1.54, 1.807) is 11.5 Å². The van der Waals surface area contributed by atoms with E-state index in [0.29, 0.717) is 18.8 Å². The van der Waals surface area contributed by atoms with E-state index < -0.39 is 0 Å². The van der Waals surface area contributed by atoms with E-state index in [4.69, 9.17) is 10.1 Å². The zero-order chi connectivity index (χ0) is 17.1. The number of rotatable bonds is 5. The van der Waals surface area contributed by atoms with Gasteiger partial charge in [-0.3, -0.25) is 14.8 Å². The number of para-hydroxylation sites is 2. The maximum Gasteiger partial charge on any atom is 0.326 e. The van der Waals surface area contributed by atoms with Gasteiger partial charge in [-0.2, -0.15) is 0 Å². The number of fused-ring (bicyclic) bond motifs is 1. The maximum absolute atomic E-state index is 11.9. The molecule has 0 bridgehead atoms. The lowest BCUT2D eigenvalue weighted by atomic mass is 10.1. The highest BCUT2D eigenvalue weighted by Crippen LogP contribution is 2.15. The Kier molecular flexibility index (Phi) is 4.51. The van der Waals surface area contributed by atoms with Crippen LogP contribution in [0.15, 0.2) is 48.5 Å². The summed E-state index contributed by atoms with van der Waals surface area (Å²) in [4.78, 5) is 11.9. The summed E-state index contributed by atoms with van der Waals surface area (Å²) >= 11 is 0. The number of hydrogen-bond donors (Lipinski definition) is 1. The number of aryl methyl sites for hydroxylation is 1. The number of esters is 1. The summed E-state index contributed by atoms with van der Waals surface area (Å²) in [7, 11) is 0. The van der Waals surface area contributed by atoms with Crippen molar-refractivity contribution in [2.45, 2.75) is 26.9 Å². The molecule has 24 heavy (non-hydrogen) atoms. The fourth-order valence-corrected chi connectivity index (χ4v) is 2.83. The Hall–Kier alpha value is -2.82. The van der Waals surface area contributed by atoms with Crippen LogP contribution in [-0.4, -0.2) is 21.7 Å². The van der Waals surface area contributed by atoms with E-state index in [9.17, 15) is 4.79 Å². The lowest BCUT2D eigenvalue weighted by Crippen LogP contribution is -2.28. The molecule has 0 aliphatic rings. The van der Waals surface area contributed by atoms with Crippen LogP contribution in [0.2, 0.25) is 0 Å². The quantitative estimate of drug-likeness (QED) is 0.734. The normalized spacial score (nSPS) is 10.9. The molecule has 5 heteroatoms. The predicted octanol–water partition coefficient (Wildman–Crippen LogP) is 2.84. The average molecular weight is 323 g/mol. The van der Waals surface area contributed by atoms with E-state index in [2.05, 4.69) is 31.2 Å². The minimum absolute atomic E-state index is 0.0497. The Bertz CT molecular complexity index is 920. The fraction of sp³-hybridized carbons (Fsp3) is 0.263. The topological polar surface area (TPSA) is 60.0 Å². The molecular weight excluding hydrogens is 302 g/mol. The Balaban J connectivity index is 2.04. The van der Waals surface area contributed by atoms with Crippen molar-refractivity contribution in [3.63, 3.8) is 0 Å². The zero-order valence-electron chi connectivity index (χ0n) is 14.0. The van der Waals surface area contributed by atoms with Gasteiger partial charge in [0, 0.05) is 0 Å². The SMILES string of the molecule is CCOC(=O)Cn1c(=N)n(Cc2ccc(C)cc2)c2ccccc21. The van der Waals surface area contributed by atoms with Gasteiger partial charge in [0.05, 0.1) is 24.2 Å². The molecule has 124 valence electrons. The van der Waals surface area contributed by atoms with Crippen molar-refractivity contribution in [1.29, 1.82) is 5.41 Å². The van der Waals surface area contributed by atoms with Crippen LogP contribution in [0.4, 0.5) is 0 Å². The number of nitrogens with zero attached hydrogens (tertiary/aromatic N) is 2. The molecule has 0 aliphatic heterocycles. The second-order valence-electron chi connectivity index (χ2n) is 5.78. The minimum Gasteiger partial charge on any atom is -0.465 e. The summed E-state index contributed by atoms with van der Waals surface area (Å²) < 4.78 is 8.65. The number of carbonyl (C=O) groups is 1. The van der Waals surface area contributed by atoms with E-state index >= 15 is 0 Å². The van der Waals surface area contributed by atoms with Crippen LogP contribution in [0.1, 0.15) is 18.1 Å². The van der Waals surface area contributed by atoms with Crippen molar-refractivity contribution < 1.29 is 9.53 Å². The molecule has 3 aromatic rings. The summed E-state index contributed by atoms with van der Waals surface area (Å²) in [6.07, 6.45) is 0. The molecule has 5 nitrogen and oxygen atoms in total. The van der Waals surface area contributed by atoms with E-state index in [1.165, 1.54) is 5.56 Å². The van der Waals surface area contributed by atoms with Crippen LogP contribution in [-0.2, 0) is 22.6 Å². The molecule has 0 saturated heterocycles. The van der Waals surface area contributed by atoms with Gasteiger partial charge in [0.2, 0.25) is 5.62 Å². The monoisotopic (exact) mass is 323 g/mol. The first-order valence-corrected chi connectivity index (χ1v) is 8.04. The summed E-state index contributed by atoms with van der Waals surface area (Å²) in [5, 5.41) is 8.51. The molecule has 1 N–H and O–H groups in total. The maximum atomic E-state index is 11.9. The number of ether oxygens (including phenoxy) is 1. The number of benzene rings is 2. The lowest BCUT2D eigenvalue weighted by molar-refractivity contribution is -0.143. The van der Waals surface area contributed by atoms with Crippen LogP contribution in [0.3, 0.4) is 0 Å². The smallest absolute Gasteiger partial charge is 0.326 e. The van der Waals surface area contributed by atoms with E-state index in [1.807, 2.05) is 28.8 Å². The van der Waals surface area contributed by atoms with Crippen molar-refractivity contribution in [2.24, 2.45) is 0 Å². The number of nitrogens with one attached hydrogen (secondary N) is 1. The van der Waals surface area contributed by atoms with Crippen LogP contribution < -0.4 is 5.62 Å². The molecule has 0 fully saturated rings. The largest absolute Gasteiger partial charge is 0.465 e. The Morgan fingerprint density at radius 2 is 1.67 bits per heavy atom. The van der Waals surface area contributed by atoms with Crippen molar-refractivity contribution in [3.8, 4) is 0 Å². The molecule has 0 amide bonds. The van der Waals surface area contributed by atoms with Gasteiger partial charge in [0.1, 0.15) is 6.54 Å². The number of carbonyl (C=O) groups excluding carboxylic acids is 1. The molecule has 0 atom stereocenters. The molecule has 2 aromatic carbocycles. The second kappa shape index (κ2) is 6.74. The minimum atomic E-state index is -0.325. The molecule has 0 radical (unpaired) electrons. The molecule has 0 unspecified atom stereocenters. The molecule has 1 heterocycles. The van der Waals surface area contributed by atoms with E-state index in [-0.39, 0.29) is 12.5 Å². The third-order valence-electron chi connectivity index (χ3n) is 4.03. The third-order valence-corrected chi connectivity index (χ3v) is 4.03. The first-order valence-electron chi connectivity index (χ1n) is 8.04. The summed E-state index contributed by atoms with van der Waals surface area (Å²) in [5.74, 6) is -0.325. The molecule has 0 spiro atoms. The van der Waals surface area contributed by atoms with Crippen LogP contribution in [0, 0.1) is 12.3 Å². The lowest BCUT2D eigenvalue weighted by Gasteiger charge is -2.06. The molecular formula is C19H21N3O2. The summed E-state index contributed by atoms with van der Waals surface area (Å²) in [6.45, 7) is 4.82.